The molecule has 0 atom stereocenters. The van der Waals surface area contributed by atoms with Crippen LogP contribution in [0.5, 0.6) is 17.2 Å². The van der Waals surface area contributed by atoms with Crippen LogP contribution >= 0.6 is 0 Å². The maximum atomic E-state index is 6.19. The summed E-state index contributed by atoms with van der Waals surface area (Å²) in [4.78, 5) is 0. The van der Waals surface area contributed by atoms with Gasteiger partial charge < -0.3 is 14.0 Å². The summed E-state index contributed by atoms with van der Waals surface area (Å²) >= 11 is 0. The molecule has 34 heavy (non-hydrogen) atoms. The first-order valence-electron chi connectivity index (χ1n) is 11.1. The Kier molecular flexibility index (Phi) is 8.95. The number of rotatable bonds is 8. The Hall–Kier alpha value is -3.96. The molecule has 4 aromatic rings. The molecule has 0 unspecified atom stereocenters. The van der Waals surface area contributed by atoms with Crippen LogP contribution in [0, 0.1) is 6.07 Å². The number of hydrogen-bond donors (Lipinski definition) is 0. The van der Waals surface area contributed by atoms with Crippen molar-refractivity contribution in [1.29, 1.82) is 0 Å². The van der Waals surface area contributed by atoms with Crippen molar-refractivity contribution in [1.82, 2.24) is 4.48 Å². The molecule has 0 amide bonds. The van der Waals surface area contributed by atoms with Gasteiger partial charge in [0.05, 0.1) is 21.1 Å². The topological polar surface area (TPSA) is 27.7 Å². The Labute approximate surface area is 203 Å². The SMILES string of the molecule is C=Cc1ccc(OB(Oc2ccccc2)Oc2ccccc2)c([N+](C)(C)C)c1.[c-]1ccccc1. The van der Waals surface area contributed by atoms with Gasteiger partial charge in [-0.2, -0.15) is 36.4 Å². The molecule has 0 saturated heterocycles. The van der Waals surface area contributed by atoms with Gasteiger partial charge in [-0.15, -0.1) is 0 Å². The largest absolute Gasteiger partial charge is 0.864 e. The Bertz CT molecular complexity index is 1060. The Balaban J connectivity index is 0.000000469. The normalized spacial score (nSPS) is 10.3. The number of nitrogens with zero attached hydrogens (tertiary/aromatic N) is 1. The fourth-order valence-electron chi connectivity index (χ4n) is 3.02. The van der Waals surface area contributed by atoms with Gasteiger partial charge in [-0.05, 0) is 35.9 Å². The van der Waals surface area contributed by atoms with E-state index in [4.69, 9.17) is 14.0 Å². The molecule has 4 nitrogen and oxygen atoms in total. The highest BCUT2D eigenvalue weighted by Gasteiger charge is 2.33. The van der Waals surface area contributed by atoms with Crippen LogP contribution in [0.25, 0.3) is 6.08 Å². The molecule has 0 aliphatic rings. The third kappa shape index (κ3) is 7.87. The molecule has 0 aliphatic carbocycles. The molecule has 0 saturated carbocycles. The zero-order chi connectivity index (χ0) is 24.2. The minimum Gasteiger partial charge on any atom is -0.490 e. The summed E-state index contributed by atoms with van der Waals surface area (Å²) in [6, 6.07) is 37.4. The molecule has 0 N–H and O–H groups in total. The van der Waals surface area contributed by atoms with Gasteiger partial charge in [0.1, 0.15) is 11.5 Å². The zero-order valence-corrected chi connectivity index (χ0v) is 19.9. The second-order valence-electron chi connectivity index (χ2n) is 8.29. The first kappa shape index (κ1) is 24.7. The van der Waals surface area contributed by atoms with Crippen LogP contribution in [-0.2, 0) is 0 Å². The quantitative estimate of drug-likeness (QED) is 0.173. The van der Waals surface area contributed by atoms with Crippen molar-refractivity contribution >= 4 is 19.1 Å². The molecule has 4 rings (SSSR count). The first-order valence-corrected chi connectivity index (χ1v) is 11.1. The lowest BCUT2D eigenvalue weighted by atomic mass is 10.1. The van der Waals surface area contributed by atoms with Crippen molar-refractivity contribution in [2.75, 3.05) is 21.1 Å². The Morgan fingerprint density at radius 1 is 0.706 bits per heavy atom. The third-order valence-electron chi connectivity index (χ3n) is 4.72. The van der Waals surface area contributed by atoms with Crippen LogP contribution in [0.15, 0.2) is 116 Å². The number of hydrogen-bond acceptors (Lipinski definition) is 3. The molecule has 0 aliphatic heterocycles. The summed E-state index contributed by atoms with van der Waals surface area (Å²) in [5.41, 5.74) is 2.02. The van der Waals surface area contributed by atoms with Crippen molar-refractivity contribution < 1.29 is 14.0 Å². The van der Waals surface area contributed by atoms with E-state index in [0.29, 0.717) is 21.7 Å². The molecule has 172 valence electrons. The van der Waals surface area contributed by atoms with Crippen LogP contribution in [0.1, 0.15) is 5.56 Å². The molecule has 5 heteroatoms. The van der Waals surface area contributed by atoms with E-state index in [1.165, 1.54) is 0 Å². The minimum absolute atomic E-state index is 0.584. The molecule has 4 aromatic carbocycles. The highest BCUT2D eigenvalue weighted by Crippen LogP contribution is 2.32. The van der Waals surface area contributed by atoms with E-state index in [9.17, 15) is 0 Å². The van der Waals surface area contributed by atoms with E-state index < -0.39 is 7.32 Å². The lowest BCUT2D eigenvalue weighted by molar-refractivity contribution is 0.304. The maximum Gasteiger partial charge on any atom is 0.864 e. The summed E-state index contributed by atoms with van der Waals surface area (Å²) in [5.74, 6) is 2.02. The smallest absolute Gasteiger partial charge is 0.490 e. The monoisotopic (exact) mass is 451 g/mol. The molecule has 0 heterocycles. The summed E-state index contributed by atoms with van der Waals surface area (Å²) in [5, 5.41) is 0. The number of para-hydroxylation sites is 2. The van der Waals surface area contributed by atoms with Crippen LogP contribution in [0.4, 0.5) is 5.69 Å². The van der Waals surface area contributed by atoms with Crippen molar-refractivity contribution in [2.45, 2.75) is 0 Å². The van der Waals surface area contributed by atoms with E-state index in [0.717, 1.165) is 11.3 Å². The predicted octanol–water partition coefficient (Wildman–Crippen LogP) is 6.53. The molecule has 0 bridgehead atoms. The predicted molar refractivity (Wildman–Crippen MR) is 142 cm³/mol. The standard InChI is InChI=1S/C23H25BNO3.C6H5/c1-5-19-16-17-23(22(18-19)25(2,3)4)28-24(26-20-12-8-6-9-13-20)27-21-14-10-7-11-15-21;1-2-4-6-5-3-1/h5-18H,1H2,2-4H3;1-5H/q+1;-1. The summed E-state index contributed by atoms with van der Waals surface area (Å²) in [7, 11) is 5.31. The van der Waals surface area contributed by atoms with E-state index in [-0.39, 0.29) is 0 Å². The van der Waals surface area contributed by atoms with Gasteiger partial charge in [-0.3, -0.25) is 4.48 Å². The van der Waals surface area contributed by atoms with Crippen LogP contribution in [0.2, 0.25) is 0 Å². The Morgan fingerprint density at radius 2 is 1.24 bits per heavy atom. The summed E-state index contributed by atoms with van der Waals surface area (Å²) in [6.45, 7) is 3.86. The van der Waals surface area contributed by atoms with Gasteiger partial charge in [-0.1, -0.05) is 55.1 Å². The van der Waals surface area contributed by atoms with Crippen LogP contribution in [0.3, 0.4) is 0 Å². The highest BCUT2D eigenvalue weighted by molar-refractivity contribution is 6.39. The van der Waals surface area contributed by atoms with Crippen molar-refractivity contribution in [3.05, 3.63) is 127 Å². The van der Waals surface area contributed by atoms with E-state index in [1.807, 2.05) is 109 Å². The van der Waals surface area contributed by atoms with E-state index in [1.54, 1.807) is 0 Å². The van der Waals surface area contributed by atoms with Crippen LogP contribution in [-0.4, -0.2) is 28.5 Å². The summed E-state index contributed by atoms with van der Waals surface area (Å²) in [6.07, 6.45) is 1.82. The van der Waals surface area contributed by atoms with Crippen molar-refractivity contribution in [3.8, 4) is 17.2 Å². The zero-order valence-electron chi connectivity index (χ0n) is 19.9. The van der Waals surface area contributed by atoms with E-state index in [2.05, 4.69) is 39.9 Å². The fraction of sp³-hybridized carbons (Fsp3) is 0.103. The van der Waals surface area contributed by atoms with Crippen molar-refractivity contribution in [3.63, 3.8) is 0 Å². The van der Waals surface area contributed by atoms with E-state index >= 15 is 0 Å². The maximum absolute atomic E-state index is 6.19. The highest BCUT2D eigenvalue weighted by atomic mass is 16.7. The van der Waals surface area contributed by atoms with Gasteiger partial charge >= 0.3 is 7.32 Å². The van der Waals surface area contributed by atoms with Crippen molar-refractivity contribution in [2.24, 2.45) is 0 Å². The average Bonchev–Trinajstić information content (AvgIpc) is 2.86. The lowest BCUT2D eigenvalue weighted by Crippen LogP contribution is -2.39. The van der Waals surface area contributed by atoms with Gasteiger partial charge in [0.2, 0.25) is 0 Å². The van der Waals surface area contributed by atoms with Gasteiger partial charge in [-0.25, -0.2) is 0 Å². The average molecular weight is 451 g/mol. The fourth-order valence-corrected chi connectivity index (χ4v) is 3.02. The van der Waals surface area contributed by atoms with Gasteiger partial charge in [0, 0.05) is 6.07 Å². The van der Waals surface area contributed by atoms with Gasteiger partial charge in [0.15, 0.2) is 11.4 Å². The summed E-state index contributed by atoms with van der Waals surface area (Å²) < 4.78 is 18.7. The second kappa shape index (κ2) is 12.3. The van der Waals surface area contributed by atoms with Crippen LogP contribution < -0.4 is 18.4 Å². The molecular weight excluding hydrogens is 421 g/mol. The number of benzene rings is 4. The molecular formula is C29H30BNO3. The Morgan fingerprint density at radius 3 is 1.65 bits per heavy atom. The molecule has 0 aromatic heterocycles. The number of quaternary nitrogens is 1. The molecule has 0 radical (unpaired) electrons. The van der Waals surface area contributed by atoms with Gasteiger partial charge in [0.25, 0.3) is 0 Å². The molecule has 0 fully saturated rings. The minimum atomic E-state index is -0.940. The lowest BCUT2D eigenvalue weighted by Gasteiger charge is -2.27. The second-order valence-corrected chi connectivity index (χ2v) is 8.29. The molecule has 0 spiro atoms. The third-order valence-corrected chi connectivity index (χ3v) is 4.72. The first-order chi connectivity index (χ1) is 16.5.